The zero-order valence-electron chi connectivity index (χ0n) is 10.3. The number of aliphatic hydroxyl groups is 1. The summed E-state index contributed by atoms with van der Waals surface area (Å²) >= 11 is 0. The highest BCUT2D eigenvalue weighted by atomic mass is 19.3. The van der Waals surface area contributed by atoms with Gasteiger partial charge >= 0.3 is 0 Å². The Labute approximate surface area is 108 Å². The van der Waals surface area contributed by atoms with E-state index in [0.29, 0.717) is 5.56 Å². The number of aliphatic hydroxyl groups excluding tert-OH is 1. The molecule has 0 heterocycles. The van der Waals surface area contributed by atoms with Gasteiger partial charge in [-0.25, -0.2) is 13.2 Å². The summed E-state index contributed by atoms with van der Waals surface area (Å²) < 4.78 is 43.4. The Morgan fingerprint density at radius 3 is 2.68 bits per heavy atom. The highest BCUT2D eigenvalue weighted by Gasteiger charge is 2.28. The van der Waals surface area contributed by atoms with Crippen LogP contribution >= 0.6 is 0 Å². The number of hydrogen-bond donors (Lipinski definition) is 2. The normalized spacial score (nSPS) is 11.2. The predicted molar refractivity (Wildman–Crippen MR) is 61.7 cm³/mol. The van der Waals surface area contributed by atoms with Gasteiger partial charge < -0.3 is 15.2 Å². The lowest BCUT2D eigenvalue weighted by molar-refractivity contribution is -0.123. The van der Waals surface area contributed by atoms with Gasteiger partial charge in [0.2, 0.25) is 5.91 Å². The van der Waals surface area contributed by atoms with Crippen molar-refractivity contribution in [2.24, 2.45) is 0 Å². The van der Waals surface area contributed by atoms with Crippen LogP contribution in [0.4, 0.5) is 13.2 Å². The first-order valence-electron chi connectivity index (χ1n) is 5.46. The molecule has 0 atom stereocenters. The van der Waals surface area contributed by atoms with Crippen LogP contribution in [-0.4, -0.2) is 37.2 Å². The lowest BCUT2D eigenvalue weighted by Crippen LogP contribution is -2.39. The zero-order valence-corrected chi connectivity index (χ0v) is 10.3. The summed E-state index contributed by atoms with van der Waals surface area (Å²) in [5.41, 5.74) is 0.336. The first-order valence-corrected chi connectivity index (χ1v) is 5.46. The van der Waals surface area contributed by atoms with Crippen LogP contribution in [0, 0.1) is 5.82 Å². The van der Waals surface area contributed by atoms with E-state index in [-0.39, 0.29) is 12.2 Å². The third-order valence-corrected chi connectivity index (χ3v) is 2.36. The zero-order chi connectivity index (χ0) is 14.5. The molecule has 0 aliphatic rings. The van der Waals surface area contributed by atoms with Crippen LogP contribution in [0.1, 0.15) is 5.56 Å². The molecule has 1 aromatic rings. The summed E-state index contributed by atoms with van der Waals surface area (Å²) in [6.07, 6.45) is -0.234. The van der Waals surface area contributed by atoms with E-state index in [0.717, 1.165) is 6.07 Å². The Balaban J connectivity index is 2.55. The molecule has 1 amide bonds. The first kappa shape index (κ1) is 15.3. The fourth-order valence-corrected chi connectivity index (χ4v) is 1.35. The second-order valence-electron chi connectivity index (χ2n) is 3.94. The van der Waals surface area contributed by atoms with Gasteiger partial charge in [-0.3, -0.25) is 4.79 Å². The standard InChI is InChI=1S/C12H14F3NO3/c1-19-10-3-2-8(4-9(10)13)5-11(18)16-6-12(14,15)7-17/h2-4,17H,5-7H2,1H3,(H,16,18). The Kier molecular flexibility index (Phi) is 5.17. The predicted octanol–water partition coefficient (Wildman–Crippen LogP) is 1.12. The molecule has 0 saturated heterocycles. The number of halogens is 3. The largest absolute Gasteiger partial charge is 0.494 e. The number of nitrogens with one attached hydrogen (secondary N) is 1. The Morgan fingerprint density at radius 1 is 1.47 bits per heavy atom. The summed E-state index contributed by atoms with van der Waals surface area (Å²) in [5.74, 6) is -4.64. The number of benzene rings is 1. The Bertz CT molecular complexity index is 452. The molecular formula is C12H14F3NO3. The third-order valence-electron chi connectivity index (χ3n) is 2.36. The van der Waals surface area contributed by atoms with E-state index >= 15 is 0 Å². The SMILES string of the molecule is COc1ccc(CC(=O)NCC(F)(F)CO)cc1F. The van der Waals surface area contributed by atoms with E-state index in [9.17, 15) is 18.0 Å². The molecule has 7 heteroatoms. The van der Waals surface area contributed by atoms with Crippen molar-refractivity contribution in [2.45, 2.75) is 12.3 Å². The van der Waals surface area contributed by atoms with Gasteiger partial charge in [0.1, 0.15) is 6.61 Å². The van der Waals surface area contributed by atoms with Gasteiger partial charge in [0.25, 0.3) is 5.92 Å². The summed E-state index contributed by atoms with van der Waals surface area (Å²) in [7, 11) is 1.31. The smallest absolute Gasteiger partial charge is 0.287 e. The second-order valence-corrected chi connectivity index (χ2v) is 3.94. The van der Waals surface area contributed by atoms with Gasteiger partial charge in [0.05, 0.1) is 20.1 Å². The van der Waals surface area contributed by atoms with Gasteiger partial charge in [-0.15, -0.1) is 0 Å². The van der Waals surface area contributed by atoms with E-state index < -0.39 is 30.8 Å². The van der Waals surface area contributed by atoms with Crippen LogP contribution in [0.15, 0.2) is 18.2 Å². The van der Waals surface area contributed by atoms with E-state index in [1.165, 1.54) is 19.2 Å². The summed E-state index contributed by atoms with van der Waals surface area (Å²) in [6, 6.07) is 3.91. The molecule has 0 radical (unpaired) electrons. The summed E-state index contributed by atoms with van der Waals surface area (Å²) in [4.78, 5) is 11.4. The van der Waals surface area contributed by atoms with Gasteiger partial charge in [-0.1, -0.05) is 6.07 Å². The third kappa shape index (κ3) is 4.78. The van der Waals surface area contributed by atoms with Gasteiger partial charge in [-0.2, -0.15) is 0 Å². The number of hydrogen-bond acceptors (Lipinski definition) is 3. The van der Waals surface area contributed by atoms with Gasteiger partial charge in [0.15, 0.2) is 11.6 Å². The number of carbonyl (C=O) groups is 1. The van der Waals surface area contributed by atoms with Crippen molar-refractivity contribution in [3.8, 4) is 5.75 Å². The van der Waals surface area contributed by atoms with Crippen LogP contribution in [0.5, 0.6) is 5.75 Å². The second kappa shape index (κ2) is 6.42. The van der Waals surface area contributed by atoms with E-state index in [1.54, 1.807) is 0 Å². The van der Waals surface area contributed by atoms with Crippen LogP contribution in [0.25, 0.3) is 0 Å². The fourth-order valence-electron chi connectivity index (χ4n) is 1.35. The van der Waals surface area contributed by atoms with Crippen molar-refractivity contribution >= 4 is 5.91 Å². The molecule has 1 aromatic carbocycles. The number of rotatable bonds is 6. The van der Waals surface area contributed by atoms with Gasteiger partial charge in [-0.05, 0) is 17.7 Å². The Morgan fingerprint density at radius 2 is 2.16 bits per heavy atom. The van der Waals surface area contributed by atoms with E-state index in [1.807, 2.05) is 5.32 Å². The molecule has 0 saturated carbocycles. The molecule has 0 fully saturated rings. The Hall–Kier alpha value is -1.76. The summed E-state index contributed by atoms with van der Waals surface area (Å²) in [6.45, 7) is -2.30. The van der Waals surface area contributed by atoms with Crippen LogP contribution in [0.3, 0.4) is 0 Å². The monoisotopic (exact) mass is 277 g/mol. The van der Waals surface area contributed by atoms with Crippen LogP contribution < -0.4 is 10.1 Å². The molecule has 2 N–H and O–H groups in total. The molecule has 0 aliphatic heterocycles. The lowest BCUT2D eigenvalue weighted by Gasteiger charge is -2.14. The van der Waals surface area contributed by atoms with Crippen molar-refractivity contribution in [1.82, 2.24) is 5.32 Å². The van der Waals surface area contributed by atoms with E-state index in [2.05, 4.69) is 0 Å². The average Bonchev–Trinajstić information content (AvgIpc) is 2.37. The molecule has 4 nitrogen and oxygen atoms in total. The minimum Gasteiger partial charge on any atom is -0.494 e. The van der Waals surface area contributed by atoms with Crippen LogP contribution in [-0.2, 0) is 11.2 Å². The molecule has 0 unspecified atom stereocenters. The summed E-state index contributed by atoms with van der Waals surface area (Å²) in [5, 5.41) is 10.3. The van der Waals surface area contributed by atoms with Crippen molar-refractivity contribution in [2.75, 3.05) is 20.3 Å². The number of ether oxygens (including phenoxy) is 1. The molecule has 0 aliphatic carbocycles. The molecule has 106 valence electrons. The molecule has 0 spiro atoms. The quantitative estimate of drug-likeness (QED) is 0.819. The maximum atomic E-state index is 13.3. The van der Waals surface area contributed by atoms with Crippen molar-refractivity contribution in [1.29, 1.82) is 0 Å². The average molecular weight is 277 g/mol. The van der Waals surface area contributed by atoms with E-state index in [4.69, 9.17) is 9.84 Å². The number of amides is 1. The topological polar surface area (TPSA) is 58.6 Å². The minimum absolute atomic E-state index is 0.0379. The highest BCUT2D eigenvalue weighted by Crippen LogP contribution is 2.18. The maximum absolute atomic E-state index is 13.3. The van der Waals surface area contributed by atoms with Crippen molar-refractivity contribution in [3.63, 3.8) is 0 Å². The first-order chi connectivity index (χ1) is 8.88. The number of alkyl halides is 2. The molecular weight excluding hydrogens is 263 g/mol. The molecule has 0 bridgehead atoms. The van der Waals surface area contributed by atoms with Crippen molar-refractivity contribution < 1.29 is 27.8 Å². The fraction of sp³-hybridized carbons (Fsp3) is 0.417. The van der Waals surface area contributed by atoms with Gasteiger partial charge in [0, 0.05) is 0 Å². The molecule has 0 aromatic heterocycles. The molecule has 19 heavy (non-hydrogen) atoms. The highest BCUT2D eigenvalue weighted by molar-refractivity contribution is 5.78. The lowest BCUT2D eigenvalue weighted by atomic mass is 10.1. The molecule has 1 rings (SSSR count). The maximum Gasteiger partial charge on any atom is 0.287 e. The number of methoxy groups -OCH3 is 1. The number of carbonyl (C=O) groups excluding carboxylic acids is 1. The van der Waals surface area contributed by atoms with Crippen molar-refractivity contribution in [3.05, 3.63) is 29.6 Å². The van der Waals surface area contributed by atoms with Crippen LogP contribution in [0.2, 0.25) is 0 Å². The minimum atomic E-state index is -3.36.